The van der Waals surface area contributed by atoms with Crippen LogP contribution in [0.4, 0.5) is 5.13 Å². The Morgan fingerprint density at radius 2 is 2.00 bits per heavy atom. The molecule has 2 heterocycles. The van der Waals surface area contributed by atoms with Crippen molar-refractivity contribution in [3.05, 3.63) is 53.6 Å². The molecular formula is C22H25N3O3S2. The summed E-state index contributed by atoms with van der Waals surface area (Å²) in [5.41, 5.74) is 3.08. The number of sulfonamides is 1. The summed E-state index contributed by atoms with van der Waals surface area (Å²) in [4.78, 5) is 17.8. The standard InChI is InChI=1S/C22H25N3O3S2/c1-3-16-6-4-8-19-20(16)23-22(29-19)24-21(26)17-7-5-13-25(14-17)30(27,28)18-11-9-15(2)10-12-18/h4,6,8-12,17H,3,5,7,13-14H2,1-2H3,(H,23,24,26). The molecule has 4 rings (SSSR count). The number of rotatable bonds is 5. The molecule has 0 radical (unpaired) electrons. The van der Waals surface area contributed by atoms with E-state index in [2.05, 4.69) is 17.2 Å². The van der Waals surface area contributed by atoms with Gasteiger partial charge in [0.15, 0.2) is 5.13 Å². The van der Waals surface area contributed by atoms with E-state index in [0.29, 0.717) is 24.5 Å². The van der Waals surface area contributed by atoms with Crippen molar-refractivity contribution in [2.45, 2.75) is 38.0 Å². The number of para-hydroxylation sites is 1. The number of thiazole rings is 1. The zero-order chi connectivity index (χ0) is 21.3. The maximum atomic E-state index is 13.0. The van der Waals surface area contributed by atoms with Crippen molar-refractivity contribution >= 4 is 42.6 Å². The van der Waals surface area contributed by atoms with E-state index in [9.17, 15) is 13.2 Å². The molecule has 30 heavy (non-hydrogen) atoms. The molecule has 8 heteroatoms. The van der Waals surface area contributed by atoms with Crippen LogP contribution in [0.5, 0.6) is 0 Å². The molecule has 1 aliphatic rings. The van der Waals surface area contributed by atoms with Crippen LogP contribution in [0, 0.1) is 12.8 Å². The summed E-state index contributed by atoms with van der Waals surface area (Å²) in [6, 6.07) is 12.9. The Morgan fingerprint density at radius 3 is 2.73 bits per heavy atom. The molecule has 0 spiro atoms. The first-order chi connectivity index (χ1) is 14.4. The van der Waals surface area contributed by atoms with Gasteiger partial charge in [-0.1, -0.05) is 48.1 Å². The number of nitrogens with one attached hydrogen (secondary N) is 1. The van der Waals surface area contributed by atoms with Crippen LogP contribution >= 0.6 is 11.3 Å². The zero-order valence-electron chi connectivity index (χ0n) is 17.1. The highest BCUT2D eigenvalue weighted by Crippen LogP contribution is 2.30. The number of carbonyl (C=O) groups excluding carboxylic acids is 1. The summed E-state index contributed by atoms with van der Waals surface area (Å²) in [5.74, 6) is -0.562. The van der Waals surface area contributed by atoms with Crippen LogP contribution in [-0.4, -0.2) is 36.7 Å². The fourth-order valence-corrected chi connectivity index (χ4v) is 6.23. The molecule has 1 amide bonds. The van der Waals surface area contributed by atoms with Crippen molar-refractivity contribution in [2.75, 3.05) is 18.4 Å². The van der Waals surface area contributed by atoms with E-state index in [4.69, 9.17) is 0 Å². The van der Waals surface area contributed by atoms with Gasteiger partial charge in [0.1, 0.15) is 0 Å². The van der Waals surface area contributed by atoms with Crippen molar-refractivity contribution in [3.63, 3.8) is 0 Å². The number of carbonyl (C=O) groups is 1. The third kappa shape index (κ3) is 4.12. The van der Waals surface area contributed by atoms with Crippen LogP contribution in [-0.2, 0) is 21.2 Å². The number of aryl methyl sites for hydroxylation is 2. The van der Waals surface area contributed by atoms with E-state index in [1.54, 1.807) is 24.3 Å². The van der Waals surface area contributed by atoms with Gasteiger partial charge in [-0.05, 0) is 49.9 Å². The number of anilines is 1. The Hall–Kier alpha value is -2.29. The highest BCUT2D eigenvalue weighted by Gasteiger charge is 2.33. The molecule has 1 saturated heterocycles. The molecule has 1 N–H and O–H groups in total. The van der Waals surface area contributed by atoms with Crippen molar-refractivity contribution in [1.29, 1.82) is 0 Å². The third-order valence-electron chi connectivity index (χ3n) is 5.53. The number of benzene rings is 2. The Bertz CT molecular complexity index is 1170. The minimum atomic E-state index is -3.61. The highest BCUT2D eigenvalue weighted by molar-refractivity contribution is 7.89. The summed E-state index contributed by atoms with van der Waals surface area (Å²) >= 11 is 1.45. The van der Waals surface area contributed by atoms with Crippen LogP contribution in [0.25, 0.3) is 10.2 Å². The third-order valence-corrected chi connectivity index (χ3v) is 8.34. The Kier molecular flexibility index (Phi) is 5.90. The molecule has 1 aromatic heterocycles. The first-order valence-electron chi connectivity index (χ1n) is 10.1. The van der Waals surface area contributed by atoms with Crippen molar-refractivity contribution < 1.29 is 13.2 Å². The van der Waals surface area contributed by atoms with Crippen molar-refractivity contribution in [2.24, 2.45) is 5.92 Å². The van der Waals surface area contributed by atoms with Crippen LogP contribution in [0.15, 0.2) is 47.4 Å². The van der Waals surface area contributed by atoms with E-state index >= 15 is 0 Å². The lowest BCUT2D eigenvalue weighted by atomic mass is 9.99. The predicted molar refractivity (Wildman–Crippen MR) is 120 cm³/mol. The average Bonchev–Trinajstić information content (AvgIpc) is 3.16. The van der Waals surface area contributed by atoms with Gasteiger partial charge in [-0.2, -0.15) is 4.31 Å². The van der Waals surface area contributed by atoms with Gasteiger partial charge < -0.3 is 5.32 Å². The van der Waals surface area contributed by atoms with Crippen LogP contribution in [0.2, 0.25) is 0 Å². The first kappa shape index (κ1) is 21.0. The SMILES string of the molecule is CCc1cccc2sc(NC(=O)C3CCCN(S(=O)(=O)c4ccc(C)cc4)C3)nc12. The van der Waals surface area contributed by atoms with Gasteiger partial charge in [0, 0.05) is 13.1 Å². The van der Waals surface area contributed by atoms with Crippen molar-refractivity contribution in [3.8, 4) is 0 Å². The lowest BCUT2D eigenvalue weighted by molar-refractivity contribution is -0.120. The van der Waals surface area contributed by atoms with E-state index in [-0.39, 0.29) is 17.3 Å². The second kappa shape index (κ2) is 8.45. The zero-order valence-corrected chi connectivity index (χ0v) is 18.7. The molecule has 1 fully saturated rings. The van der Waals surface area contributed by atoms with Crippen molar-refractivity contribution in [1.82, 2.24) is 9.29 Å². The Labute approximate surface area is 181 Å². The monoisotopic (exact) mass is 443 g/mol. The number of hydrogen-bond acceptors (Lipinski definition) is 5. The molecule has 0 bridgehead atoms. The molecule has 1 unspecified atom stereocenters. The molecule has 3 aromatic rings. The molecular weight excluding hydrogens is 418 g/mol. The normalized spacial score (nSPS) is 17.9. The van der Waals surface area contributed by atoms with E-state index in [1.807, 2.05) is 25.1 Å². The van der Waals surface area contributed by atoms with Crippen LogP contribution < -0.4 is 5.32 Å². The molecule has 158 valence electrons. The fourth-order valence-electron chi connectivity index (χ4n) is 3.79. The summed E-state index contributed by atoms with van der Waals surface area (Å²) in [5, 5.41) is 3.48. The second-order valence-corrected chi connectivity index (χ2v) is 10.6. The quantitative estimate of drug-likeness (QED) is 0.641. The number of piperidine rings is 1. The first-order valence-corrected chi connectivity index (χ1v) is 12.4. The number of nitrogens with zero attached hydrogens (tertiary/aromatic N) is 2. The maximum absolute atomic E-state index is 13.0. The summed E-state index contributed by atoms with van der Waals surface area (Å²) in [7, 11) is -3.61. The van der Waals surface area contributed by atoms with E-state index < -0.39 is 15.9 Å². The fraction of sp³-hybridized carbons (Fsp3) is 0.364. The topological polar surface area (TPSA) is 79.4 Å². The summed E-state index contributed by atoms with van der Waals surface area (Å²) in [6.07, 6.45) is 2.20. The van der Waals surface area contributed by atoms with Crippen LogP contribution in [0.1, 0.15) is 30.9 Å². The van der Waals surface area contributed by atoms with Gasteiger partial charge >= 0.3 is 0 Å². The minimum Gasteiger partial charge on any atom is -0.302 e. The van der Waals surface area contributed by atoms with E-state index in [1.165, 1.54) is 15.6 Å². The average molecular weight is 444 g/mol. The minimum absolute atomic E-state index is 0.170. The molecule has 0 saturated carbocycles. The van der Waals surface area contributed by atoms with Gasteiger partial charge in [-0.3, -0.25) is 4.79 Å². The predicted octanol–water partition coefficient (Wildman–Crippen LogP) is 4.21. The molecule has 6 nitrogen and oxygen atoms in total. The van der Waals surface area contributed by atoms with Gasteiger partial charge in [0.05, 0.1) is 21.0 Å². The van der Waals surface area contributed by atoms with Gasteiger partial charge in [-0.25, -0.2) is 13.4 Å². The second-order valence-electron chi connectivity index (χ2n) is 7.64. The number of amides is 1. The van der Waals surface area contributed by atoms with Gasteiger partial charge in [0.25, 0.3) is 0 Å². The number of hydrogen-bond donors (Lipinski definition) is 1. The van der Waals surface area contributed by atoms with Gasteiger partial charge in [-0.15, -0.1) is 0 Å². The summed E-state index contributed by atoms with van der Waals surface area (Å²) in [6.45, 7) is 4.62. The molecule has 2 aromatic carbocycles. The number of fused-ring (bicyclic) bond motifs is 1. The number of aromatic nitrogens is 1. The smallest absolute Gasteiger partial charge is 0.243 e. The largest absolute Gasteiger partial charge is 0.302 e. The maximum Gasteiger partial charge on any atom is 0.243 e. The molecule has 0 aliphatic carbocycles. The highest BCUT2D eigenvalue weighted by atomic mass is 32.2. The molecule has 1 atom stereocenters. The lowest BCUT2D eigenvalue weighted by Crippen LogP contribution is -2.43. The van der Waals surface area contributed by atoms with Crippen LogP contribution in [0.3, 0.4) is 0 Å². The summed E-state index contributed by atoms with van der Waals surface area (Å²) < 4.78 is 28.5. The lowest BCUT2D eigenvalue weighted by Gasteiger charge is -2.31. The van der Waals surface area contributed by atoms with Gasteiger partial charge in [0.2, 0.25) is 15.9 Å². The Balaban J connectivity index is 1.49. The molecule has 1 aliphatic heterocycles. The Morgan fingerprint density at radius 1 is 1.23 bits per heavy atom. The van der Waals surface area contributed by atoms with E-state index in [0.717, 1.165) is 27.8 Å².